The Bertz CT molecular complexity index is 1940. The standard InChI is InChI=1S/C39H39F4N2O4P/c1-2-37-20-21-38(39(41,42)43,49-50(46,47-26-28-10-5-3-6-11-28)48-27-29-12-7-4-8-13-29)24-32(37)15-9-14-30-23-36-31(22-35(30)37)25-44-45(36)34-18-16-33(40)17-19-34/h3-8,10-13,16-19,22-23,25,32H,2,9,14-15,20-21,24,26-27H2,1H3/t32-,37-,38-/m0/s1. The van der Waals surface area contributed by atoms with Crippen molar-refractivity contribution in [2.75, 3.05) is 0 Å². The first kappa shape index (κ1) is 34.6. The minimum absolute atomic E-state index is 0.176. The molecule has 4 aromatic carbocycles. The average Bonchev–Trinajstić information content (AvgIpc) is 3.46. The summed E-state index contributed by atoms with van der Waals surface area (Å²) in [5, 5.41) is 5.44. The highest BCUT2D eigenvalue weighted by Gasteiger charge is 2.65. The third kappa shape index (κ3) is 6.66. The lowest BCUT2D eigenvalue weighted by atomic mass is 9.56. The first-order valence-electron chi connectivity index (χ1n) is 17.0. The number of phosphoric acid groups is 1. The molecular weight excluding hydrogens is 667 g/mol. The van der Waals surface area contributed by atoms with Gasteiger partial charge in [0.1, 0.15) is 5.82 Å². The highest BCUT2D eigenvalue weighted by Crippen LogP contribution is 2.64. The summed E-state index contributed by atoms with van der Waals surface area (Å²) in [6.45, 7) is 1.56. The first-order valence-corrected chi connectivity index (χ1v) is 18.5. The zero-order valence-corrected chi connectivity index (χ0v) is 28.6. The van der Waals surface area contributed by atoms with Gasteiger partial charge in [0.25, 0.3) is 0 Å². The number of aromatic nitrogens is 2. The minimum Gasteiger partial charge on any atom is -0.282 e. The largest absolute Gasteiger partial charge is 0.476 e. The minimum atomic E-state index is -4.84. The van der Waals surface area contributed by atoms with Crippen LogP contribution in [0, 0.1) is 11.7 Å². The smallest absolute Gasteiger partial charge is 0.282 e. The molecule has 7 rings (SSSR count). The Labute approximate surface area is 289 Å². The van der Waals surface area contributed by atoms with Crippen LogP contribution in [0.25, 0.3) is 16.6 Å². The molecular formula is C39H39F4N2O4P. The Hall–Kier alpha value is -3.82. The second-order valence-corrected chi connectivity index (χ2v) is 15.0. The van der Waals surface area contributed by atoms with Gasteiger partial charge in [-0.2, -0.15) is 18.3 Å². The second-order valence-electron chi connectivity index (χ2n) is 13.5. The van der Waals surface area contributed by atoms with Crippen molar-refractivity contribution in [1.82, 2.24) is 9.78 Å². The molecule has 1 heterocycles. The van der Waals surface area contributed by atoms with Gasteiger partial charge in [-0.3, -0.25) is 13.6 Å². The molecule has 262 valence electrons. The van der Waals surface area contributed by atoms with Crippen LogP contribution < -0.4 is 0 Å². The molecule has 5 aromatic rings. The van der Waals surface area contributed by atoms with Crippen molar-refractivity contribution in [3.8, 4) is 5.69 Å². The van der Waals surface area contributed by atoms with Crippen LogP contribution in [0.4, 0.5) is 17.6 Å². The summed E-state index contributed by atoms with van der Waals surface area (Å²) in [4.78, 5) is 0. The number of halogens is 4. The molecule has 2 aliphatic rings. The molecule has 3 atom stereocenters. The van der Waals surface area contributed by atoms with Gasteiger partial charge >= 0.3 is 14.0 Å². The van der Waals surface area contributed by atoms with Gasteiger partial charge < -0.3 is 0 Å². The summed E-state index contributed by atoms with van der Waals surface area (Å²) >= 11 is 0. The Balaban J connectivity index is 1.22. The molecule has 1 aromatic heterocycles. The van der Waals surface area contributed by atoms with Gasteiger partial charge in [-0.25, -0.2) is 13.6 Å². The van der Waals surface area contributed by atoms with E-state index in [4.69, 9.17) is 13.6 Å². The van der Waals surface area contributed by atoms with Crippen LogP contribution in [0.5, 0.6) is 0 Å². The SMILES string of the molecule is CC[C@]12CC[C@@](OP(=O)(OCc3ccccc3)OCc3ccccc3)(C(F)(F)F)C[C@@H]1CCCc1cc3c(cnn3-c3ccc(F)cc3)cc12. The molecule has 0 spiro atoms. The summed E-state index contributed by atoms with van der Waals surface area (Å²) < 4.78 is 93.3. The zero-order chi connectivity index (χ0) is 35.0. The van der Waals surface area contributed by atoms with Gasteiger partial charge in [-0.15, -0.1) is 0 Å². The fourth-order valence-electron chi connectivity index (χ4n) is 7.98. The number of alkyl halides is 3. The van der Waals surface area contributed by atoms with E-state index in [9.17, 15) is 8.96 Å². The molecule has 1 saturated carbocycles. The van der Waals surface area contributed by atoms with Gasteiger partial charge in [-0.05, 0) is 115 Å². The van der Waals surface area contributed by atoms with Crippen LogP contribution in [-0.4, -0.2) is 21.6 Å². The van der Waals surface area contributed by atoms with E-state index in [1.165, 1.54) is 12.1 Å². The maximum Gasteiger partial charge on any atom is 0.476 e. The third-order valence-corrected chi connectivity index (χ3v) is 12.1. The second kappa shape index (κ2) is 13.7. The number of hydrogen-bond donors (Lipinski definition) is 0. The Kier molecular flexibility index (Phi) is 9.50. The Morgan fingerprint density at radius 2 is 1.54 bits per heavy atom. The predicted octanol–water partition coefficient (Wildman–Crippen LogP) is 10.8. The van der Waals surface area contributed by atoms with Crippen LogP contribution in [-0.2, 0) is 43.2 Å². The fraction of sp³-hybridized carbons (Fsp3) is 0.359. The van der Waals surface area contributed by atoms with E-state index in [-0.39, 0.29) is 31.9 Å². The summed E-state index contributed by atoms with van der Waals surface area (Å²) in [6, 6.07) is 27.9. The quantitative estimate of drug-likeness (QED) is 0.107. The number of aryl methyl sites for hydroxylation is 1. The number of phosphoric ester groups is 1. The lowest BCUT2D eigenvalue weighted by Crippen LogP contribution is -2.56. The Morgan fingerprint density at radius 1 is 0.900 bits per heavy atom. The molecule has 0 aliphatic heterocycles. The van der Waals surface area contributed by atoms with Crippen LogP contribution in [0.3, 0.4) is 0 Å². The molecule has 11 heteroatoms. The topological polar surface area (TPSA) is 62.6 Å². The van der Waals surface area contributed by atoms with Crippen LogP contribution >= 0.6 is 7.82 Å². The third-order valence-electron chi connectivity index (χ3n) is 10.6. The normalized spacial score (nSPS) is 22.5. The highest BCUT2D eigenvalue weighted by molar-refractivity contribution is 7.48. The van der Waals surface area contributed by atoms with E-state index in [2.05, 4.69) is 17.2 Å². The number of hydrogen-bond acceptors (Lipinski definition) is 5. The van der Waals surface area contributed by atoms with Gasteiger partial charge in [0.15, 0.2) is 5.60 Å². The molecule has 0 bridgehead atoms. The lowest BCUT2D eigenvalue weighted by molar-refractivity contribution is -0.273. The number of rotatable bonds is 10. The van der Waals surface area contributed by atoms with Crippen LogP contribution in [0.1, 0.15) is 67.7 Å². The molecule has 50 heavy (non-hydrogen) atoms. The van der Waals surface area contributed by atoms with Crippen molar-refractivity contribution in [2.45, 2.75) is 82.3 Å². The van der Waals surface area contributed by atoms with Gasteiger partial charge in [0.2, 0.25) is 0 Å². The van der Waals surface area contributed by atoms with Gasteiger partial charge in [-0.1, -0.05) is 67.6 Å². The lowest BCUT2D eigenvalue weighted by Gasteiger charge is -2.52. The van der Waals surface area contributed by atoms with E-state index in [1.807, 2.05) is 6.92 Å². The fourth-order valence-corrected chi connectivity index (χ4v) is 9.47. The number of fused-ring (bicyclic) bond motifs is 4. The van der Waals surface area contributed by atoms with E-state index >= 15 is 13.2 Å². The molecule has 2 aliphatic carbocycles. The average molecular weight is 707 g/mol. The summed E-state index contributed by atoms with van der Waals surface area (Å²) in [5.41, 5.74) is 1.65. The maximum atomic E-state index is 15.4. The molecule has 0 radical (unpaired) electrons. The predicted molar refractivity (Wildman–Crippen MR) is 183 cm³/mol. The van der Waals surface area contributed by atoms with Crippen molar-refractivity contribution in [3.05, 3.63) is 131 Å². The molecule has 1 fully saturated rings. The van der Waals surface area contributed by atoms with E-state index in [1.54, 1.807) is 83.7 Å². The van der Waals surface area contributed by atoms with Crippen molar-refractivity contribution >= 4 is 18.7 Å². The van der Waals surface area contributed by atoms with Crippen molar-refractivity contribution in [2.24, 2.45) is 5.92 Å². The van der Waals surface area contributed by atoms with Crippen LogP contribution in [0.15, 0.2) is 103 Å². The zero-order valence-electron chi connectivity index (χ0n) is 27.7. The Morgan fingerprint density at radius 3 is 2.14 bits per heavy atom. The number of nitrogens with zero attached hydrogens (tertiary/aromatic N) is 2. The summed E-state index contributed by atoms with van der Waals surface area (Å²) in [7, 11) is -4.75. The molecule has 0 saturated heterocycles. The molecule has 6 nitrogen and oxygen atoms in total. The number of benzene rings is 4. The van der Waals surface area contributed by atoms with Crippen molar-refractivity contribution < 1.29 is 35.7 Å². The summed E-state index contributed by atoms with van der Waals surface area (Å²) in [5.74, 6) is -0.751. The molecule has 0 unspecified atom stereocenters. The monoisotopic (exact) mass is 706 g/mol. The first-order chi connectivity index (χ1) is 24.0. The van der Waals surface area contributed by atoms with Crippen molar-refractivity contribution in [1.29, 1.82) is 0 Å². The van der Waals surface area contributed by atoms with Gasteiger partial charge in [0.05, 0.1) is 30.6 Å². The van der Waals surface area contributed by atoms with E-state index < -0.39 is 37.4 Å². The van der Waals surface area contributed by atoms with E-state index in [0.717, 1.165) is 27.7 Å². The van der Waals surface area contributed by atoms with Gasteiger partial charge in [0, 0.05) is 5.39 Å². The van der Waals surface area contributed by atoms with Crippen molar-refractivity contribution in [3.63, 3.8) is 0 Å². The van der Waals surface area contributed by atoms with E-state index in [0.29, 0.717) is 36.8 Å². The summed E-state index contributed by atoms with van der Waals surface area (Å²) in [6.07, 6.45) is -1.15. The maximum absolute atomic E-state index is 15.4. The van der Waals surface area contributed by atoms with Crippen LogP contribution in [0.2, 0.25) is 0 Å². The molecule has 0 N–H and O–H groups in total. The highest BCUT2D eigenvalue weighted by atomic mass is 31.2. The molecule has 0 amide bonds.